The standard InChI is InChI=1S/C10H19I/c1-6(2)9-8(5)10(9,11)7(3)4/h6-9H,1-5H3/t8?,9?,10-/m1/s1. The lowest BCUT2D eigenvalue weighted by Gasteiger charge is -2.15. The lowest BCUT2D eigenvalue weighted by atomic mass is 10.0. The maximum Gasteiger partial charge on any atom is 0.0307 e. The van der Waals surface area contributed by atoms with Crippen molar-refractivity contribution < 1.29 is 0 Å². The molecule has 1 aliphatic carbocycles. The molecule has 0 nitrogen and oxygen atoms in total. The third-order valence-corrected chi connectivity index (χ3v) is 6.19. The van der Waals surface area contributed by atoms with Crippen molar-refractivity contribution in [2.24, 2.45) is 23.7 Å². The molecule has 1 saturated carbocycles. The Kier molecular flexibility index (Phi) is 2.58. The smallest absolute Gasteiger partial charge is 0.0307 e. The fourth-order valence-electron chi connectivity index (χ4n) is 2.58. The molecule has 0 bridgehead atoms. The zero-order valence-electron chi connectivity index (χ0n) is 8.19. The van der Waals surface area contributed by atoms with Gasteiger partial charge in [0.05, 0.1) is 0 Å². The van der Waals surface area contributed by atoms with Gasteiger partial charge in [0.2, 0.25) is 0 Å². The molecule has 0 aromatic carbocycles. The molecule has 66 valence electrons. The molecule has 0 saturated heterocycles. The molecule has 3 atom stereocenters. The molecule has 0 aromatic heterocycles. The maximum atomic E-state index is 2.68. The molecule has 0 N–H and O–H groups in total. The van der Waals surface area contributed by atoms with E-state index in [-0.39, 0.29) is 0 Å². The minimum Gasteiger partial charge on any atom is -0.0780 e. The van der Waals surface area contributed by atoms with Crippen LogP contribution in [0.15, 0.2) is 0 Å². The highest BCUT2D eigenvalue weighted by atomic mass is 127. The normalized spacial score (nSPS) is 43.6. The molecule has 1 heteroatoms. The molecular formula is C10H19I. The molecule has 2 unspecified atom stereocenters. The number of rotatable bonds is 2. The number of halogens is 1. The Hall–Kier alpha value is 0.730. The molecule has 0 aliphatic heterocycles. The van der Waals surface area contributed by atoms with Crippen molar-refractivity contribution in [3.05, 3.63) is 0 Å². The molecule has 11 heavy (non-hydrogen) atoms. The van der Waals surface area contributed by atoms with Gasteiger partial charge < -0.3 is 0 Å². The van der Waals surface area contributed by atoms with Gasteiger partial charge in [-0.15, -0.1) is 0 Å². The first kappa shape index (κ1) is 9.82. The first-order valence-corrected chi connectivity index (χ1v) is 5.69. The average molecular weight is 266 g/mol. The zero-order chi connectivity index (χ0) is 8.81. The summed E-state index contributed by atoms with van der Waals surface area (Å²) >= 11 is 2.68. The van der Waals surface area contributed by atoms with Crippen LogP contribution in [-0.4, -0.2) is 3.42 Å². The molecule has 0 aromatic rings. The molecule has 0 heterocycles. The van der Waals surface area contributed by atoms with E-state index < -0.39 is 0 Å². The fourth-order valence-corrected chi connectivity index (χ4v) is 4.04. The molecule has 1 fully saturated rings. The predicted molar refractivity (Wildman–Crippen MR) is 59.1 cm³/mol. The van der Waals surface area contributed by atoms with Crippen LogP contribution in [0.25, 0.3) is 0 Å². The van der Waals surface area contributed by atoms with E-state index in [0.717, 1.165) is 23.7 Å². The van der Waals surface area contributed by atoms with E-state index in [1.165, 1.54) is 0 Å². The summed E-state index contributed by atoms with van der Waals surface area (Å²) in [5, 5.41) is 0. The van der Waals surface area contributed by atoms with Crippen LogP contribution < -0.4 is 0 Å². The van der Waals surface area contributed by atoms with Crippen molar-refractivity contribution in [1.29, 1.82) is 0 Å². The number of hydrogen-bond donors (Lipinski definition) is 0. The topological polar surface area (TPSA) is 0 Å². The average Bonchev–Trinajstić information content (AvgIpc) is 2.37. The van der Waals surface area contributed by atoms with Gasteiger partial charge in [-0.1, -0.05) is 57.2 Å². The number of alkyl halides is 1. The maximum absolute atomic E-state index is 2.68. The minimum absolute atomic E-state index is 0.617. The van der Waals surface area contributed by atoms with E-state index in [9.17, 15) is 0 Å². The van der Waals surface area contributed by atoms with Crippen molar-refractivity contribution in [3.8, 4) is 0 Å². The van der Waals surface area contributed by atoms with Crippen molar-refractivity contribution in [3.63, 3.8) is 0 Å². The summed E-state index contributed by atoms with van der Waals surface area (Å²) in [6.45, 7) is 11.8. The van der Waals surface area contributed by atoms with Crippen LogP contribution >= 0.6 is 22.6 Å². The Morgan fingerprint density at radius 3 is 1.73 bits per heavy atom. The summed E-state index contributed by atoms with van der Waals surface area (Å²) < 4.78 is 0.617. The van der Waals surface area contributed by atoms with Gasteiger partial charge in [-0.25, -0.2) is 0 Å². The van der Waals surface area contributed by atoms with Gasteiger partial charge in [-0.3, -0.25) is 0 Å². The van der Waals surface area contributed by atoms with Gasteiger partial charge in [-0.2, -0.15) is 0 Å². The molecule has 1 aliphatic rings. The Balaban J connectivity index is 2.65. The Bertz CT molecular complexity index is 151. The highest BCUT2D eigenvalue weighted by molar-refractivity contribution is 14.1. The Morgan fingerprint density at radius 2 is 1.64 bits per heavy atom. The second kappa shape index (κ2) is 2.90. The second-order valence-electron chi connectivity index (χ2n) is 4.54. The molecular weight excluding hydrogens is 247 g/mol. The van der Waals surface area contributed by atoms with Gasteiger partial charge in [0, 0.05) is 3.42 Å². The van der Waals surface area contributed by atoms with Crippen molar-refractivity contribution in [1.82, 2.24) is 0 Å². The van der Waals surface area contributed by atoms with E-state index in [1.54, 1.807) is 0 Å². The summed E-state index contributed by atoms with van der Waals surface area (Å²) in [7, 11) is 0. The van der Waals surface area contributed by atoms with Gasteiger partial charge in [-0.05, 0) is 23.7 Å². The van der Waals surface area contributed by atoms with Crippen LogP contribution in [0.5, 0.6) is 0 Å². The van der Waals surface area contributed by atoms with Crippen LogP contribution in [0.4, 0.5) is 0 Å². The molecule has 1 rings (SSSR count). The first-order chi connectivity index (χ1) is 4.92. The van der Waals surface area contributed by atoms with Crippen LogP contribution in [0, 0.1) is 23.7 Å². The monoisotopic (exact) mass is 266 g/mol. The molecule has 0 amide bonds. The van der Waals surface area contributed by atoms with Crippen LogP contribution in [0.3, 0.4) is 0 Å². The van der Waals surface area contributed by atoms with Gasteiger partial charge in [0.15, 0.2) is 0 Å². The Labute approximate surface area is 84.3 Å². The summed E-state index contributed by atoms with van der Waals surface area (Å²) in [4.78, 5) is 0. The van der Waals surface area contributed by atoms with E-state index in [4.69, 9.17) is 0 Å². The quantitative estimate of drug-likeness (QED) is 0.527. The summed E-state index contributed by atoms with van der Waals surface area (Å²) in [6, 6.07) is 0. The van der Waals surface area contributed by atoms with E-state index in [1.807, 2.05) is 0 Å². The van der Waals surface area contributed by atoms with Crippen molar-refractivity contribution in [2.45, 2.75) is 38.0 Å². The SMILES string of the molecule is CC(C)C1C(C)[C@]1(I)C(C)C. The summed E-state index contributed by atoms with van der Waals surface area (Å²) in [6.07, 6.45) is 0. The lowest BCUT2D eigenvalue weighted by molar-refractivity contribution is 0.484. The van der Waals surface area contributed by atoms with Gasteiger partial charge >= 0.3 is 0 Å². The molecule has 0 spiro atoms. The predicted octanol–water partition coefficient (Wildman–Crippen LogP) is 3.74. The van der Waals surface area contributed by atoms with Crippen LogP contribution in [-0.2, 0) is 0 Å². The molecule has 0 radical (unpaired) electrons. The number of hydrogen-bond acceptors (Lipinski definition) is 0. The van der Waals surface area contributed by atoms with Gasteiger partial charge in [0.1, 0.15) is 0 Å². The van der Waals surface area contributed by atoms with E-state index in [2.05, 4.69) is 57.2 Å². The Morgan fingerprint density at radius 1 is 1.18 bits per heavy atom. The highest BCUT2D eigenvalue weighted by Gasteiger charge is 2.62. The van der Waals surface area contributed by atoms with Gasteiger partial charge in [0.25, 0.3) is 0 Å². The summed E-state index contributed by atoms with van der Waals surface area (Å²) in [5.41, 5.74) is 0. The first-order valence-electron chi connectivity index (χ1n) is 4.61. The second-order valence-corrected chi connectivity index (χ2v) is 6.41. The fraction of sp³-hybridized carbons (Fsp3) is 1.00. The minimum atomic E-state index is 0.617. The van der Waals surface area contributed by atoms with Crippen molar-refractivity contribution in [2.75, 3.05) is 0 Å². The lowest BCUT2D eigenvalue weighted by Crippen LogP contribution is -2.14. The largest absolute Gasteiger partial charge is 0.0780 e. The van der Waals surface area contributed by atoms with E-state index >= 15 is 0 Å². The zero-order valence-corrected chi connectivity index (χ0v) is 10.3. The van der Waals surface area contributed by atoms with Crippen LogP contribution in [0.1, 0.15) is 34.6 Å². The third-order valence-electron chi connectivity index (χ3n) is 3.24. The van der Waals surface area contributed by atoms with Crippen LogP contribution in [0.2, 0.25) is 0 Å². The van der Waals surface area contributed by atoms with E-state index in [0.29, 0.717) is 3.42 Å². The third kappa shape index (κ3) is 1.34. The highest BCUT2D eigenvalue weighted by Crippen LogP contribution is 2.64. The summed E-state index contributed by atoms with van der Waals surface area (Å²) in [5.74, 6) is 3.60. The van der Waals surface area contributed by atoms with Crippen molar-refractivity contribution >= 4 is 22.6 Å².